The van der Waals surface area contributed by atoms with Crippen LogP contribution in [0, 0.1) is 13.8 Å². The SMILES string of the molecule is CC[C@H](C(=O)NC(C)C)N(Cc1ccc(OC)cc1)C(=O)CN(c1cc(Cl)ccc1C)S(=O)(=O)c1ccc(C)cc1. The van der Waals surface area contributed by atoms with Crippen molar-refractivity contribution >= 4 is 39.1 Å². The fourth-order valence-corrected chi connectivity index (χ4v) is 6.07. The van der Waals surface area contributed by atoms with Crippen molar-refractivity contribution in [2.75, 3.05) is 18.0 Å². The van der Waals surface area contributed by atoms with E-state index in [0.29, 0.717) is 22.8 Å². The Bertz CT molecular complexity index is 1460. The normalized spacial score (nSPS) is 12.1. The van der Waals surface area contributed by atoms with Crippen LogP contribution in [0.3, 0.4) is 0 Å². The van der Waals surface area contributed by atoms with Crippen LogP contribution in [0.5, 0.6) is 5.75 Å². The van der Waals surface area contributed by atoms with Crippen molar-refractivity contribution in [1.82, 2.24) is 10.2 Å². The second-order valence-corrected chi connectivity index (χ2v) is 12.5. The maximum absolute atomic E-state index is 14.2. The number of anilines is 1. The van der Waals surface area contributed by atoms with Crippen molar-refractivity contribution in [3.63, 3.8) is 0 Å². The Morgan fingerprint density at radius 1 is 0.976 bits per heavy atom. The van der Waals surface area contributed by atoms with E-state index in [4.69, 9.17) is 16.3 Å². The standard InChI is InChI=1S/C31H38ClN3O5S/c1-7-28(31(37)33-21(2)3)34(19-24-11-14-26(40-6)15-12-24)30(36)20-35(29-18-25(32)13-10-23(29)5)41(38,39)27-16-8-22(4)9-17-27/h8-18,21,28H,7,19-20H2,1-6H3,(H,33,37)/t28-/m1/s1. The smallest absolute Gasteiger partial charge is 0.264 e. The van der Waals surface area contributed by atoms with Crippen LogP contribution in [0.15, 0.2) is 71.6 Å². The van der Waals surface area contributed by atoms with Crippen LogP contribution in [0.1, 0.15) is 43.9 Å². The number of aryl methyl sites for hydroxylation is 2. The zero-order chi connectivity index (χ0) is 30.3. The summed E-state index contributed by atoms with van der Waals surface area (Å²) in [6.45, 7) is 8.70. The molecule has 0 unspecified atom stereocenters. The predicted octanol–water partition coefficient (Wildman–Crippen LogP) is 5.49. The Hall–Kier alpha value is -3.56. The summed E-state index contributed by atoms with van der Waals surface area (Å²) in [6, 6.07) is 17.6. The third-order valence-electron chi connectivity index (χ3n) is 6.66. The van der Waals surface area contributed by atoms with Gasteiger partial charge in [-0.25, -0.2) is 8.42 Å². The Morgan fingerprint density at radius 2 is 1.61 bits per heavy atom. The summed E-state index contributed by atoms with van der Waals surface area (Å²) < 4.78 is 34.4. The van der Waals surface area contributed by atoms with Gasteiger partial charge >= 0.3 is 0 Å². The molecule has 41 heavy (non-hydrogen) atoms. The number of ether oxygens (including phenoxy) is 1. The van der Waals surface area contributed by atoms with E-state index in [0.717, 1.165) is 15.4 Å². The molecular formula is C31H38ClN3O5S. The molecule has 0 saturated heterocycles. The van der Waals surface area contributed by atoms with Gasteiger partial charge in [0.25, 0.3) is 10.0 Å². The molecule has 0 aliphatic carbocycles. The van der Waals surface area contributed by atoms with Gasteiger partial charge in [0.1, 0.15) is 18.3 Å². The number of benzene rings is 3. The average Bonchev–Trinajstić information content (AvgIpc) is 2.93. The number of nitrogens with zero attached hydrogens (tertiary/aromatic N) is 2. The van der Waals surface area contributed by atoms with Gasteiger partial charge in [0, 0.05) is 17.6 Å². The average molecular weight is 600 g/mol. The third kappa shape index (κ3) is 8.01. The molecule has 0 heterocycles. The zero-order valence-electron chi connectivity index (χ0n) is 24.3. The summed E-state index contributed by atoms with van der Waals surface area (Å²) in [7, 11) is -2.62. The summed E-state index contributed by atoms with van der Waals surface area (Å²) in [5.41, 5.74) is 2.58. The highest BCUT2D eigenvalue weighted by atomic mass is 35.5. The van der Waals surface area contributed by atoms with Gasteiger partial charge in [-0.05, 0) is 81.6 Å². The molecule has 0 saturated carbocycles. The molecule has 3 rings (SSSR count). The molecule has 0 spiro atoms. The molecule has 0 aliphatic heterocycles. The lowest BCUT2D eigenvalue weighted by atomic mass is 10.1. The van der Waals surface area contributed by atoms with Gasteiger partial charge in [0.15, 0.2) is 0 Å². The number of amides is 2. The predicted molar refractivity (Wildman–Crippen MR) is 163 cm³/mol. The molecule has 0 radical (unpaired) electrons. The highest BCUT2D eigenvalue weighted by Gasteiger charge is 2.34. The van der Waals surface area contributed by atoms with E-state index in [1.54, 1.807) is 50.4 Å². The summed E-state index contributed by atoms with van der Waals surface area (Å²) in [5.74, 6) is -0.180. The summed E-state index contributed by atoms with van der Waals surface area (Å²) in [4.78, 5) is 28.9. The molecule has 220 valence electrons. The Labute approximate surface area is 248 Å². The molecule has 0 fully saturated rings. The number of rotatable bonds is 12. The minimum absolute atomic E-state index is 0.0431. The van der Waals surface area contributed by atoms with Gasteiger partial charge in [0.05, 0.1) is 17.7 Å². The van der Waals surface area contributed by atoms with E-state index in [-0.39, 0.29) is 29.1 Å². The van der Waals surface area contributed by atoms with E-state index >= 15 is 0 Å². The lowest BCUT2D eigenvalue weighted by Gasteiger charge is -2.34. The number of carbonyl (C=O) groups is 2. The molecule has 0 bridgehead atoms. The van der Waals surface area contributed by atoms with Gasteiger partial charge < -0.3 is 15.0 Å². The Morgan fingerprint density at radius 3 is 2.17 bits per heavy atom. The van der Waals surface area contributed by atoms with Crippen LogP contribution in [0.4, 0.5) is 5.69 Å². The molecular weight excluding hydrogens is 562 g/mol. The van der Waals surface area contributed by atoms with E-state index in [2.05, 4.69) is 5.32 Å². The third-order valence-corrected chi connectivity index (χ3v) is 8.67. The van der Waals surface area contributed by atoms with Crippen molar-refractivity contribution < 1.29 is 22.7 Å². The number of hydrogen-bond acceptors (Lipinski definition) is 5. The number of hydrogen-bond donors (Lipinski definition) is 1. The van der Waals surface area contributed by atoms with Crippen LogP contribution in [0.25, 0.3) is 0 Å². The number of carbonyl (C=O) groups excluding carboxylic acids is 2. The number of halogens is 1. The van der Waals surface area contributed by atoms with Crippen molar-refractivity contribution in [2.45, 2.75) is 64.6 Å². The monoisotopic (exact) mass is 599 g/mol. The van der Waals surface area contributed by atoms with Gasteiger partial charge in [-0.2, -0.15) is 0 Å². The van der Waals surface area contributed by atoms with Gasteiger partial charge in [-0.3, -0.25) is 13.9 Å². The minimum Gasteiger partial charge on any atom is -0.497 e. The van der Waals surface area contributed by atoms with E-state index in [1.807, 2.05) is 39.8 Å². The zero-order valence-corrected chi connectivity index (χ0v) is 25.9. The first-order valence-corrected chi connectivity index (χ1v) is 15.3. The van der Waals surface area contributed by atoms with E-state index < -0.39 is 28.5 Å². The summed E-state index contributed by atoms with van der Waals surface area (Å²) in [6.07, 6.45) is 0.335. The van der Waals surface area contributed by atoms with Crippen LogP contribution in [-0.4, -0.2) is 50.9 Å². The Kier molecular flexibility index (Phi) is 10.8. The molecule has 1 N–H and O–H groups in total. The molecule has 3 aromatic carbocycles. The molecule has 0 aliphatic rings. The van der Waals surface area contributed by atoms with Crippen LogP contribution in [-0.2, 0) is 26.2 Å². The van der Waals surface area contributed by atoms with Crippen molar-refractivity contribution in [1.29, 1.82) is 0 Å². The minimum atomic E-state index is -4.18. The maximum Gasteiger partial charge on any atom is 0.264 e. The number of sulfonamides is 1. The number of nitrogens with one attached hydrogen (secondary N) is 1. The highest BCUT2D eigenvalue weighted by Crippen LogP contribution is 2.30. The molecule has 8 nitrogen and oxygen atoms in total. The van der Waals surface area contributed by atoms with Gasteiger partial charge in [-0.15, -0.1) is 0 Å². The Balaban J connectivity index is 2.10. The summed E-state index contributed by atoms with van der Waals surface area (Å²) in [5, 5.41) is 3.23. The van der Waals surface area contributed by atoms with Crippen molar-refractivity contribution in [3.05, 3.63) is 88.4 Å². The second-order valence-electron chi connectivity index (χ2n) is 10.2. The lowest BCUT2D eigenvalue weighted by Crippen LogP contribution is -2.53. The van der Waals surface area contributed by atoms with Crippen molar-refractivity contribution in [3.8, 4) is 5.75 Å². The second kappa shape index (κ2) is 13.9. The highest BCUT2D eigenvalue weighted by molar-refractivity contribution is 7.92. The molecule has 10 heteroatoms. The fourth-order valence-electron chi connectivity index (χ4n) is 4.43. The van der Waals surface area contributed by atoms with Crippen LogP contribution < -0.4 is 14.4 Å². The molecule has 1 atom stereocenters. The quantitative estimate of drug-likeness (QED) is 0.297. The molecule has 2 amide bonds. The first-order chi connectivity index (χ1) is 19.4. The van der Waals surface area contributed by atoms with E-state index in [9.17, 15) is 18.0 Å². The van der Waals surface area contributed by atoms with Gasteiger partial charge in [0.2, 0.25) is 11.8 Å². The first kappa shape index (κ1) is 32.0. The number of methoxy groups -OCH3 is 1. The topological polar surface area (TPSA) is 96.0 Å². The lowest BCUT2D eigenvalue weighted by molar-refractivity contribution is -0.140. The van der Waals surface area contributed by atoms with Crippen LogP contribution in [0.2, 0.25) is 5.02 Å². The largest absolute Gasteiger partial charge is 0.497 e. The van der Waals surface area contributed by atoms with Crippen LogP contribution >= 0.6 is 11.6 Å². The van der Waals surface area contributed by atoms with Crippen molar-refractivity contribution in [2.24, 2.45) is 0 Å². The molecule has 3 aromatic rings. The first-order valence-electron chi connectivity index (χ1n) is 13.5. The summed E-state index contributed by atoms with van der Waals surface area (Å²) >= 11 is 6.29. The van der Waals surface area contributed by atoms with Gasteiger partial charge in [-0.1, -0.05) is 54.4 Å². The molecule has 0 aromatic heterocycles. The van der Waals surface area contributed by atoms with E-state index in [1.165, 1.54) is 23.1 Å². The fraction of sp³-hybridized carbons (Fsp3) is 0.355. The maximum atomic E-state index is 14.2.